The highest BCUT2D eigenvalue weighted by Crippen LogP contribution is 2.17. The number of alkyl halides is 1. The summed E-state index contributed by atoms with van der Waals surface area (Å²) in [5.74, 6) is -0.672. The zero-order valence-electron chi connectivity index (χ0n) is 11.1. The molecule has 110 valence electrons. The van der Waals surface area contributed by atoms with Crippen molar-refractivity contribution in [3.63, 3.8) is 0 Å². The third kappa shape index (κ3) is 3.93. The first-order valence-electron chi connectivity index (χ1n) is 6.64. The summed E-state index contributed by atoms with van der Waals surface area (Å²) in [6, 6.07) is 4.22. The molecule has 2 rings (SSSR count). The predicted octanol–water partition coefficient (Wildman–Crippen LogP) is 3.02. The lowest BCUT2D eigenvalue weighted by molar-refractivity contribution is 0.0761. The zero-order chi connectivity index (χ0) is 14.5. The van der Waals surface area contributed by atoms with Crippen molar-refractivity contribution < 1.29 is 9.18 Å². The monoisotopic (exact) mass is 362 g/mol. The van der Waals surface area contributed by atoms with Crippen molar-refractivity contribution in [1.82, 2.24) is 9.80 Å². The Morgan fingerprint density at radius 3 is 2.80 bits per heavy atom. The first kappa shape index (κ1) is 15.7. The van der Waals surface area contributed by atoms with Crippen molar-refractivity contribution >= 4 is 33.4 Å². The number of nitrogens with zero attached hydrogens (tertiary/aromatic N) is 2. The minimum atomic E-state index is -0.548. The predicted molar refractivity (Wildman–Crippen MR) is 82.2 cm³/mol. The molecule has 0 aliphatic carbocycles. The number of benzene rings is 1. The number of amides is 1. The molecule has 0 aromatic heterocycles. The molecule has 1 aromatic carbocycles. The summed E-state index contributed by atoms with van der Waals surface area (Å²) in [5.41, 5.74) is 0.362. The molecule has 0 atom stereocenters. The Kier molecular flexibility index (Phi) is 5.81. The van der Waals surface area contributed by atoms with Gasteiger partial charge in [-0.05, 0) is 31.2 Å². The largest absolute Gasteiger partial charge is 0.337 e. The fourth-order valence-corrected chi connectivity index (χ4v) is 2.95. The van der Waals surface area contributed by atoms with Crippen LogP contribution in [0.2, 0.25) is 5.02 Å². The van der Waals surface area contributed by atoms with Crippen LogP contribution in [0, 0.1) is 5.82 Å². The van der Waals surface area contributed by atoms with Gasteiger partial charge in [-0.2, -0.15) is 0 Å². The first-order chi connectivity index (χ1) is 9.61. The van der Waals surface area contributed by atoms with Gasteiger partial charge in [0, 0.05) is 37.1 Å². The summed E-state index contributed by atoms with van der Waals surface area (Å²) in [6.45, 7) is 4.22. The maximum absolute atomic E-state index is 13.4. The van der Waals surface area contributed by atoms with Gasteiger partial charge in [0.1, 0.15) is 5.82 Å². The Labute approximate surface area is 131 Å². The van der Waals surface area contributed by atoms with Gasteiger partial charge in [-0.15, -0.1) is 0 Å². The highest BCUT2D eigenvalue weighted by atomic mass is 79.9. The van der Waals surface area contributed by atoms with E-state index in [1.165, 1.54) is 12.1 Å². The fraction of sp³-hybridized carbons (Fsp3) is 0.500. The van der Waals surface area contributed by atoms with Crippen LogP contribution in [0.25, 0.3) is 0 Å². The van der Waals surface area contributed by atoms with Gasteiger partial charge in [-0.1, -0.05) is 27.5 Å². The van der Waals surface area contributed by atoms with Gasteiger partial charge in [0.25, 0.3) is 5.91 Å². The lowest BCUT2D eigenvalue weighted by Gasteiger charge is -2.21. The van der Waals surface area contributed by atoms with E-state index in [0.29, 0.717) is 18.7 Å². The molecular formula is C14H17BrClFN2O. The van der Waals surface area contributed by atoms with Crippen molar-refractivity contribution in [3.8, 4) is 0 Å². The maximum Gasteiger partial charge on any atom is 0.254 e. The third-order valence-corrected chi connectivity index (χ3v) is 4.10. The molecule has 1 aromatic rings. The van der Waals surface area contributed by atoms with Crippen LogP contribution in [0.15, 0.2) is 18.2 Å². The Morgan fingerprint density at radius 2 is 2.10 bits per heavy atom. The number of hydrogen-bond donors (Lipinski definition) is 0. The van der Waals surface area contributed by atoms with Crippen LogP contribution >= 0.6 is 27.5 Å². The molecule has 0 spiro atoms. The van der Waals surface area contributed by atoms with E-state index < -0.39 is 5.82 Å². The van der Waals surface area contributed by atoms with E-state index in [1.807, 2.05) is 0 Å². The number of halogens is 3. The number of carbonyl (C=O) groups is 1. The molecule has 1 saturated heterocycles. The second-order valence-electron chi connectivity index (χ2n) is 4.81. The van der Waals surface area contributed by atoms with Gasteiger partial charge in [-0.25, -0.2) is 4.39 Å². The van der Waals surface area contributed by atoms with Crippen molar-refractivity contribution in [2.75, 3.05) is 38.1 Å². The molecule has 1 aliphatic rings. The molecule has 20 heavy (non-hydrogen) atoms. The molecule has 0 radical (unpaired) electrons. The van der Waals surface area contributed by atoms with Crippen LogP contribution in [-0.2, 0) is 0 Å². The van der Waals surface area contributed by atoms with E-state index in [4.69, 9.17) is 11.6 Å². The topological polar surface area (TPSA) is 23.6 Å². The normalized spacial score (nSPS) is 17.1. The van der Waals surface area contributed by atoms with Crippen LogP contribution in [0.4, 0.5) is 4.39 Å². The van der Waals surface area contributed by atoms with E-state index in [0.717, 1.165) is 31.4 Å². The maximum atomic E-state index is 13.4. The highest BCUT2D eigenvalue weighted by molar-refractivity contribution is 9.09. The average Bonchev–Trinajstić information content (AvgIpc) is 2.67. The van der Waals surface area contributed by atoms with Gasteiger partial charge in [0.2, 0.25) is 0 Å². The van der Waals surface area contributed by atoms with E-state index in [2.05, 4.69) is 20.8 Å². The summed E-state index contributed by atoms with van der Waals surface area (Å²) in [7, 11) is 0. The van der Waals surface area contributed by atoms with Gasteiger partial charge < -0.3 is 9.80 Å². The molecule has 1 aliphatic heterocycles. The summed E-state index contributed by atoms with van der Waals surface area (Å²) in [6.07, 6.45) is 0.939. The van der Waals surface area contributed by atoms with Crippen molar-refractivity contribution in [3.05, 3.63) is 34.6 Å². The molecule has 6 heteroatoms. The third-order valence-electron chi connectivity index (χ3n) is 3.44. The first-order valence-corrected chi connectivity index (χ1v) is 8.14. The van der Waals surface area contributed by atoms with E-state index >= 15 is 0 Å². The van der Waals surface area contributed by atoms with Gasteiger partial charge in [0.15, 0.2) is 0 Å². The number of hydrogen-bond acceptors (Lipinski definition) is 2. The van der Waals surface area contributed by atoms with Gasteiger partial charge in [-0.3, -0.25) is 4.79 Å². The SMILES string of the molecule is O=C(c1ccc(Cl)c(F)c1)N1CCCN(CCBr)CC1. The molecular weight excluding hydrogens is 347 g/mol. The molecule has 1 fully saturated rings. The second kappa shape index (κ2) is 7.38. The van der Waals surface area contributed by atoms with Crippen LogP contribution in [-0.4, -0.2) is 53.8 Å². The number of carbonyl (C=O) groups excluding carboxylic acids is 1. The zero-order valence-corrected chi connectivity index (χ0v) is 13.5. The lowest BCUT2D eigenvalue weighted by Crippen LogP contribution is -2.35. The van der Waals surface area contributed by atoms with E-state index in [-0.39, 0.29) is 10.9 Å². The van der Waals surface area contributed by atoms with Gasteiger partial charge in [0.05, 0.1) is 5.02 Å². The van der Waals surface area contributed by atoms with E-state index in [1.54, 1.807) is 11.0 Å². The highest BCUT2D eigenvalue weighted by Gasteiger charge is 2.20. The van der Waals surface area contributed by atoms with Crippen LogP contribution in [0.1, 0.15) is 16.8 Å². The Balaban J connectivity index is 2.03. The summed E-state index contributed by atoms with van der Waals surface area (Å²) >= 11 is 9.07. The van der Waals surface area contributed by atoms with E-state index in [9.17, 15) is 9.18 Å². The Morgan fingerprint density at radius 1 is 1.30 bits per heavy atom. The Bertz CT molecular complexity index is 486. The molecule has 0 unspecified atom stereocenters. The second-order valence-corrected chi connectivity index (χ2v) is 6.01. The molecule has 0 N–H and O–H groups in total. The summed E-state index contributed by atoms with van der Waals surface area (Å²) < 4.78 is 13.4. The average molecular weight is 364 g/mol. The standard InChI is InChI=1S/C14H17BrClFN2O/c15-4-7-18-5-1-6-19(9-8-18)14(20)11-2-3-12(16)13(17)10-11/h2-3,10H,1,4-9H2. The molecule has 3 nitrogen and oxygen atoms in total. The minimum absolute atomic E-state index is 0.0425. The molecule has 1 heterocycles. The lowest BCUT2D eigenvalue weighted by atomic mass is 10.2. The van der Waals surface area contributed by atoms with Crippen molar-refractivity contribution in [1.29, 1.82) is 0 Å². The summed E-state index contributed by atoms with van der Waals surface area (Å²) in [5, 5.41) is 0.976. The molecule has 1 amide bonds. The molecule has 0 bridgehead atoms. The number of rotatable bonds is 3. The van der Waals surface area contributed by atoms with Crippen molar-refractivity contribution in [2.24, 2.45) is 0 Å². The van der Waals surface area contributed by atoms with Crippen LogP contribution < -0.4 is 0 Å². The van der Waals surface area contributed by atoms with Crippen LogP contribution in [0.3, 0.4) is 0 Å². The summed E-state index contributed by atoms with van der Waals surface area (Å²) in [4.78, 5) is 16.5. The smallest absolute Gasteiger partial charge is 0.254 e. The fourth-order valence-electron chi connectivity index (χ4n) is 2.33. The van der Waals surface area contributed by atoms with Gasteiger partial charge >= 0.3 is 0 Å². The quantitative estimate of drug-likeness (QED) is 0.771. The Hall–Kier alpha value is -0.650. The van der Waals surface area contributed by atoms with Crippen LogP contribution in [0.5, 0.6) is 0 Å². The molecule has 0 saturated carbocycles. The minimum Gasteiger partial charge on any atom is -0.337 e. The van der Waals surface area contributed by atoms with Crippen molar-refractivity contribution in [2.45, 2.75) is 6.42 Å².